The van der Waals surface area contributed by atoms with Crippen LogP contribution in [0.3, 0.4) is 0 Å². The van der Waals surface area contributed by atoms with Gasteiger partial charge in [-0.2, -0.15) is 8.42 Å². The quantitative estimate of drug-likeness (QED) is 0.810. The Balaban J connectivity index is 2.32. The van der Waals surface area contributed by atoms with Crippen molar-refractivity contribution in [1.82, 2.24) is 0 Å². The van der Waals surface area contributed by atoms with Gasteiger partial charge in [0.1, 0.15) is 10.6 Å². The molecular weight excluding hydrogens is 330 g/mol. The maximum Gasteiger partial charge on any atom is 0.339 e. The summed E-state index contributed by atoms with van der Waals surface area (Å²) in [6, 6.07) is 10.8. The molecule has 24 heavy (non-hydrogen) atoms. The number of nitrogens with one attached hydrogen (secondary N) is 1. The number of hydrogen-bond donors (Lipinski definition) is 1. The number of ether oxygens (including phenoxy) is 1. The molecule has 0 atom stereocenters. The zero-order valence-electron chi connectivity index (χ0n) is 13.7. The second kappa shape index (κ2) is 7.35. The molecule has 0 fully saturated rings. The Hall–Kier alpha value is -2.54. The fourth-order valence-corrected chi connectivity index (χ4v) is 3.13. The van der Waals surface area contributed by atoms with Gasteiger partial charge in [-0.15, -0.1) is 0 Å². The smallest absolute Gasteiger partial charge is 0.339 e. The Morgan fingerprint density at radius 3 is 2.46 bits per heavy atom. The van der Waals surface area contributed by atoms with E-state index < -0.39 is 10.1 Å². The number of rotatable bonds is 6. The summed E-state index contributed by atoms with van der Waals surface area (Å²) in [5, 5.41) is 2.54. The highest BCUT2D eigenvalue weighted by atomic mass is 32.2. The van der Waals surface area contributed by atoms with Crippen molar-refractivity contribution in [2.45, 2.75) is 25.7 Å². The van der Waals surface area contributed by atoms with Crippen molar-refractivity contribution >= 4 is 21.7 Å². The Morgan fingerprint density at radius 1 is 1.12 bits per heavy atom. The molecule has 0 unspecified atom stereocenters. The lowest BCUT2D eigenvalue weighted by Crippen LogP contribution is -2.13. The highest BCUT2D eigenvalue weighted by molar-refractivity contribution is 7.87. The standard InChI is InChI=1S/C17H19NO5S/c1-4-22-16-10-9-14(11-12(16)2)24(20,21)23-17-8-6-5-7-15(17)18-13(3)19/h5-11H,4H2,1-3H3,(H,18,19). The van der Waals surface area contributed by atoms with Crippen molar-refractivity contribution in [3.8, 4) is 11.5 Å². The summed E-state index contributed by atoms with van der Waals surface area (Å²) in [4.78, 5) is 11.2. The molecule has 0 aromatic heterocycles. The van der Waals surface area contributed by atoms with E-state index in [1.54, 1.807) is 31.2 Å². The zero-order chi connectivity index (χ0) is 17.7. The lowest BCUT2D eigenvalue weighted by atomic mass is 10.2. The van der Waals surface area contributed by atoms with Crippen LogP contribution in [-0.4, -0.2) is 20.9 Å². The summed E-state index contributed by atoms with van der Waals surface area (Å²) in [5.41, 5.74) is 0.980. The fraction of sp³-hybridized carbons (Fsp3) is 0.235. The highest BCUT2D eigenvalue weighted by Crippen LogP contribution is 2.29. The van der Waals surface area contributed by atoms with Gasteiger partial charge >= 0.3 is 10.1 Å². The normalized spacial score (nSPS) is 11.0. The molecule has 1 N–H and O–H groups in total. The molecule has 0 saturated carbocycles. The third-order valence-electron chi connectivity index (χ3n) is 3.13. The van der Waals surface area contributed by atoms with Gasteiger partial charge in [0.15, 0.2) is 5.75 Å². The van der Waals surface area contributed by atoms with E-state index in [1.165, 1.54) is 25.1 Å². The van der Waals surface area contributed by atoms with Crippen LogP contribution in [0.4, 0.5) is 5.69 Å². The van der Waals surface area contributed by atoms with Gasteiger partial charge in [-0.1, -0.05) is 12.1 Å². The predicted molar refractivity (Wildman–Crippen MR) is 90.9 cm³/mol. The van der Waals surface area contributed by atoms with Crippen molar-refractivity contribution in [3.05, 3.63) is 48.0 Å². The molecule has 0 spiro atoms. The second-order valence-corrected chi connectivity index (χ2v) is 6.62. The van der Waals surface area contributed by atoms with Crippen molar-refractivity contribution < 1.29 is 22.1 Å². The summed E-state index contributed by atoms with van der Waals surface area (Å²) in [7, 11) is -4.03. The van der Waals surface area contributed by atoms with Gasteiger partial charge in [-0.3, -0.25) is 4.79 Å². The summed E-state index contributed by atoms with van der Waals surface area (Å²) < 4.78 is 35.6. The molecular formula is C17H19NO5S. The Bertz CT molecular complexity index is 846. The average molecular weight is 349 g/mol. The van der Waals surface area contributed by atoms with Gasteiger partial charge in [-0.25, -0.2) is 0 Å². The number of anilines is 1. The van der Waals surface area contributed by atoms with Crippen molar-refractivity contribution in [2.75, 3.05) is 11.9 Å². The molecule has 128 valence electrons. The van der Waals surface area contributed by atoms with E-state index in [4.69, 9.17) is 8.92 Å². The van der Waals surface area contributed by atoms with Crippen molar-refractivity contribution in [2.24, 2.45) is 0 Å². The maximum atomic E-state index is 12.5. The number of para-hydroxylation sites is 2. The summed E-state index contributed by atoms with van der Waals surface area (Å²) in [6.45, 7) is 5.44. The van der Waals surface area contributed by atoms with Crippen LogP contribution < -0.4 is 14.2 Å². The monoisotopic (exact) mass is 349 g/mol. The van der Waals surface area contributed by atoms with E-state index in [9.17, 15) is 13.2 Å². The fourth-order valence-electron chi connectivity index (χ4n) is 2.09. The van der Waals surface area contributed by atoms with E-state index in [0.717, 1.165) is 0 Å². The number of aryl methyl sites for hydroxylation is 1. The second-order valence-electron chi connectivity index (χ2n) is 5.08. The summed E-state index contributed by atoms with van der Waals surface area (Å²) in [5.74, 6) is 0.356. The van der Waals surface area contributed by atoms with Crippen LogP contribution in [0.1, 0.15) is 19.4 Å². The number of carbonyl (C=O) groups excluding carboxylic acids is 1. The van der Waals surface area contributed by atoms with Gasteiger partial charge in [0.25, 0.3) is 0 Å². The molecule has 2 aromatic rings. The van der Waals surface area contributed by atoms with Crippen LogP contribution in [0.15, 0.2) is 47.4 Å². The van der Waals surface area contributed by atoms with Crippen LogP contribution in [0.2, 0.25) is 0 Å². The van der Waals surface area contributed by atoms with Gasteiger partial charge in [-0.05, 0) is 49.7 Å². The molecule has 2 rings (SSSR count). The summed E-state index contributed by atoms with van der Waals surface area (Å²) >= 11 is 0. The summed E-state index contributed by atoms with van der Waals surface area (Å²) in [6.07, 6.45) is 0. The van der Waals surface area contributed by atoms with Crippen LogP contribution >= 0.6 is 0 Å². The molecule has 0 aliphatic heterocycles. The van der Waals surface area contributed by atoms with Gasteiger partial charge in [0, 0.05) is 6.92 Å². The first-order valence-electron chi connectivity index (χ1n) is 7.38. The largest absolute Gasteiger partial charge is 0.494 e. The van der Waals surface area contributed by atoms with Crippen LogP contribution in [0.5, 0.6) is 11.5 Å². The van der Waals surface area contributed by atoms with Crippen molar-refractivity contribution in [3.63, 3.8) is 0 Å². The maximum absolute atomic E-state index is 12.5. The minimum atomic E-state index is -4.03. The minimum absolute atomic E-state index is 0.0149. The molecule has 0 heterocycles. The highest BCUT2D eigenvalue weighted by Gasteiger charge is 2.20. The topological polar surface area (TPSA) is 81.7 Å². The van der Waals surface area contributed by atoms with E-state index in [0.29, 0.717) is 17.9 Å². The molecule has 7 heteroatoms. The minimum Gasteiger partial charge on any atom is -0.494 e. The predicted octanol–water partition coefficient (Wildman–Crippen LogP) is 3.12. The van der Waals surface area contributed by atoms with E-state index in [1.807, 2.05) is 6.92 Å². The first-order valence-corrected chi connectivity index (χ1v) is 8.79. The number of hydrogen-bond acceptors (Lipinski definition) is 5. The molecule has 0 aliphatic rings. The molecule has 0 aliphatic carbocycles. The Labute approximate surface area is 141 Å². The van der Waals surface area contributed by atoms with Gasteiger partial charge in [0.05, 0.1) is 12.3 Å². The lowest BCUT2D eigenvalue weighted by Gasteiger charge is -2.13. The molecule has 0 radical (unpaired) electrons. The molecule has 6 nitrogen and oxygen atoms in total. The van der Waals surface area contributed by atoms with Crippen LogP contribution in [-0.2, 0) is 14.9 Å². The van der Waals surface area contributed by atoms with E-state index >= 15 is 0 Å². The lowest BCUT2D eigenvalue weighted by molar-refractivity contribution is -0.114. The Kier molecular flexibility index (Phi) is 5.46. The van der Waals surface area contributed by atoms with Crippen molar-refractivity contribution in [1.29, 1.82) is 0 Å². The number of carbonyl (C=O) groups is 1. The van der Waals surface area contributed by atoms with Gasteiger partial charge < -0.3 is 14.2 Å². The molecule has 1 amide bonds. The zero-order valence-corrected chi connectivity index (χ0v) is 14.5. The third kappa shape index (κ3) is 4.26. The van der Waals surface area contributed by atoms with Gasteiger partial charge in [0.2, 0.25) is 5.91 Å². The molecule has 0 bridgehead atoms. The third-order valence-corrected chi connectivity index (χ3v) is 4.36. The Morgan fingerprint density at radius 2 is 1.83 bits per heavy atom. The molecule has 2 aromatic carbocycles. The average Bonchev–Trinajstić information content (AvgIpc) is 2.50. The SMILES string of the molecule is CCOc1ccc(S(=O)(=O)Oc2ccccc2NC(C)=O)cc1C. The first kappa shape index (κ1) is 17.8. The first-order chi connectivity index (χ1) is 11.3. The van der Waals surface area contributed by atoms with Crippen LogP contribution in [0, 0.1) is 6.92 Å². The van der Waals surface area contributed by atoms with Crippen LogP contribution in [0.25, 0.3) is 0 Å². The molecule has 0 saturated heterocycles. The van der Waals surface area contributed by atoms with E-state index in [2.05, 4.69) is 5.32 Å². The van der Waals surface area contributed by atoms with E-state index in [-0.39, 0.29) is 22.2 Å². The number of benzene rings is 2. The number of amides is 1.